The van der Waals surface area contributed by atoms with Crippen molar-refractivity contribution in [1.29, 1.82) is 0 Å². The normalized spacial score (nSPS) is 11.5. The lowest BCUT2D eigenvalue weighted by Crippen LogP contribution is -2.19. The molecule has 1 heterocycles. The average molecular weight is 210 g/mol. The SMILES string of the molecule is COC(=O)c1cc(N)cn1CC(C)(C)C. The van der Waals surface area contributed by atoms with Crippen molar-refractivity contribution in [3.63, 3.8) is 0 Å². The van der Waals surface area contributed by atoms with Gasteiger partial charge < -0.3 is 15.0 Å². The summed E-state index contributed by atoms with van der Waals surface area (Å²) in [5.41, 5.74) is 6.84. The van der Waals surface area contributed by atoms with Crippen LogP contribution in [0.4, 0.5) is 5.69 Å². The largest absolute Gasteiger partial charge is 0.464 e. The van der Waals surface area contributed by atoms with Crippen LogP contribution in [-0.2, 0) is 11.3 Å². The second kappa shape index (κ2) is 3.96. The lowest BCUT2D eigenvalue weighted by atomic mass is 9.97. The first-order valence-electron chi connectivity index (χ1n) is 4.87. The summed E-state index contributed by atoms with van der Waals surface area (Å²) in [5.74, 6) is -0.351. The number of methoxy groups -OCH3 is 1. The van der Waals surface area contributed by atoms with Crippen molar-refractivity contribution in [2.45, 2.75) is 27.3 Å². The summed E-state index contributed by atoms with van der Waals surface area (Å²) in [7, 11) is 1.37. The molecule has 0 amide bonds. The number of carbonyl (C=O) groups excluding carboxylic acids is 1. The number of nitrogen functional groups attached to an aromatic ring is 1. The van der Waals surface area contributed by atoms with Gasteiger partial charge in [-0.15, -0.1) is 0 Å². The number of rotatable bonds is 2. The Morgan fingerprint density at radius 1 is 1.53 bits per heavy atom. The number of hydrogen-bond donors (Lipinski definition) is 1. The molecule has 0 atom stereocenters. The highest BCUT2D eigenvalue weighted by molar-refractivity contribution is 5.88. The number of nitrogens with two attached hydrogens (primary N) is 1. The Kier molecular flexibility index (Phi) is 3.07. The highest BCUT2D eigenvalue weighted by atomic mass is 16.5. The minimum atomic E-state index is -0.351. The van der Waals surface area contributed by atoms with Crippen molar-refractivity contribution in [3.05, 3.63) is 18.0 Å². The molecule has 4 heteroatoms. The van der Waals surface area contributed by atoms with Crippen LogP contribution in [0.5, 0.6) is 0 Å². The molecule has 0 saturated heterocycles. The van der Waals surface area contributed by atoms with Gasteiger partial charge in [0.05, 0.1) is 12.8 Å². The van der Waals surface area contributed by atoms with E-state index in [2.05, 4.69) is 25.5 Å². The van der Waals surface area contributed by atoms with Crippen LogP contribution in [0, 0.1) is 5.41 Å². The van der Waals surface area contributed by atoms with Crippen molar-refractivity contribution in [3.8, 4) is 0 Å². The number of aromatic nitrogens is 1. The zero-order valence-electron chi connectivity index (χ0n) is 9.70. The van der Waals surface area contributed by atoms with Gasteiger partial charge in [0.15, 0.2) is 0 Å². The predicted molar refractivity (Wildman–Crippen MR) is 59.6 cm³/mol. The fraction of sp³-hybridized carbons (Fsp3) is 0.545. The second-order valence-electron chi connectivity index (χ2n) is 4.84. The summed E-state index contributed by atoms with van der Waals surface area (Å²) >= 11 is 0. The maximum atomic E-state index is 11.4. The third-order valence-electron chi connectivity index (χ3n) is 1.96. The number of nitrogens with zero attached hydrogens (tertiary/aromatic N) is 1. The van der Waals surface area contributed by atoms with E-state index in [-0.39, 0.29) is 11.4 Å². The van der Waals surface area contributed by atoms with Gasteiger partial charge in [0.25, 0.3) is 0 Å². The fourth-order valence-corrected chi connectivity index (χ4v) is 1.45. The van der Waals surface area contributed by atoms with Crippen LogP contribution in [0.15, 0.2) is 12.3 Å². The number of carbonyl (C=O) groups is 1. The standard InChI is InChI=1S/C11H18N2O2/c1-11(2,3)7-13-6-8(12)5-9(13)10(14)15-4/h5-6H,7,12H2,1-4H3. The molecule has 0 aliphatic heterocycles. The third kappa shape index (κ3) is 3.01. The van der Waals surface area contributed by atoms with E-state index in [0.29, 0.717) is 11.4 Å². The van der Waals surface area contributed by atoms with Crippen LogP contribution in [0.3, 0.4) is 0 Å². The third-order valence-corrected chi connectivity index (χ3v) is 1.96. The fourth-order valence-electron chi connectivity index (χ4n) is 1.45. The van der Waals surface area contributed by atoms with Crippen LogP contribution in [0.1, 0.15) is 31.3 Å². The van der Waals surface area contributed by atoms with Crippen molar-refractivity contribution < 1.29 is 9.53 Å². The van der Waals surface area contributed by atoms with Gasteiger partial charge in [-0.1, -0.05) is 20.8 Å². The average Bonchev–Trinajstić information content (AvgIpc) is 2.42. The molecule has 0 spiro atoms. The van der Waals surface area contributed by atoms with Crippen molar-refractivity contribution >= 4 is 11.7 Å². The minimum absolute atomic E-state index is 0.0915. The maximum absolute atomic E-state index is 11.4. The second-order valence-corrected chi connectivity index (χ2v) is 4.84. The molecule has 0 saturated carbocycles. The Morgan fingerprint density at radius 2 is 2.13 bits per heavy atom. The van der Waals surface area contributed by atoms with Crippen molar-refractivity contribution in [1.82, 2.24) is 4.57 Å². The molecule has 15 heavy (non-hydrogen) atoms. The summed E-state index contributed by atoms with van der Waals surface area (Å²) in [6.07, 6.45) is 1.76. The molecule has 0 aliphatic rings. The summed E-state index contributed by atoms with van der Waals surface area (Å²) in [5, 5.41) is 0. The summed E-state index contributed by atoms with van der Waals surface area (Å²) in [6, 6.07) is 1.64. The van der Waals surface area contributed by atoms with Gasteiger partial charge >= 0.3 is 5.97 Å². The zero-order valence-corrected chi connectivity index (χ0v) is 9.70. The van der Waals surface area contributed by atoms with E-state index in [1.807, 2.05) is 4.57 Å². The first-order valence-corrected chi connectivity index (χ1v) is 4.87. The van der Waals surface area contributed by atoms with Gasteiger partial charge in [-0.3, -0.25) is 0 Å². The highest BCUT2D eigenvalue weighted by Crippen LogP contribution is 2.20. The molecule has 1 aromatic rings. The Hall–Kier alpha value is -1.45. The lowest BCUT2D eigenvalue weighted by molar-refractivity contribution is 0.0586. The van der Waals surface area contributed by atoms with Crippen LogP contribution in [0.2, 0.25) is 0 Å². The van der Waals surface area contributed by atoms with E-state index in [0.717, 1.165) is 6.54 Å². The van der Waals surface area contributed by atoms with Crippen LogP contribution in [0.25, 0.3) is 0 Å². The topological polar surface area (TPSA) is 57.2 Å². The van der Waals surface area contributed by atoms with Gasteiger partial charge in [0, 0.05) is 12.7 Å². The Labute approximate surface area is 90.0 Å². The van der Waals surface area contributed by atoms with Crippen LogP contribution in [-0.4, -0.2) is 17.6 Å². The zero-order chi connectivity index (χ0) is 11.6. The van der Waals surface area contributed by atoms with E-state index in [9.17, 15) is 4.79 Å². The molecule has 4 nitrogen and oxygen atoms in total. The summed E-state index contributed by atoms with van der Waals surface area (Å²) in [4.78, 5) is 11.4. The first-order chi connectivity index (χ1) is 6.83. The maximum Gasteiger partial charge on any atom is 0.354 e. The van der Waals surface area contributed by atoms with Gasteiger partial charge in [-0.05, 0) is 11.5 Å². The molecule has 84 valence electrons. The van der Waals surface area contributed by atoms with Gasteiger partial charge in [-0.2, -0.15) is 0 Å². The van der Waals surface area contributed by atoms with Gasteiger partial charge in [0.2, 0.25) is 0 Å². The highest BCUT2D eigenvalue weighted by Gasteiger charge is 2.18. The molecule has 0 bridgehead atoms. The van der Waals surface area contributed by atoms with E-state index >= 15 is 0 Å². The monoisotopic (exact) mass is 210 g/mol. The molecular weight excluding hydrogens is 192 g/mol. The molecule has 0 aromatic carbocycles. The quantitative estimate of drug-likeness (QED) is 0.758. The lowest BCUT2D eigenvalue weighted by Gasteiger charge is -2.20. The van der Waals surface area contributed by atoms with Gasteiger partial charge in [0.1, 0.15) is 5.69 Å². The molecule has 0 radical (unpaired) electrons. The molecule has 0 fully saturated rings. The summed E-state index contributed by atoms with van der Waals surface area (Å²) in [6.45, 7) is 7.04. The molecular formula is C11H18N2O2. The van der Waals surface area contributed by atoms with E-state index in [4.69, 9.17) is 5.73 Å². The Morgan fingerprint density at radius 3 is 2.60 bits per heavy atom. The summed E-state index contributed by atoms with van der Waals surface area (Å²) < 4.78 is 6.52. The van der Waals surface area contributed by atoms with Gasteiger partial charge in [-0.25, -0.2) is 4.79 Å². The molecule has 0 aliphatic carbocycles. The van der Waals surface area contributed by atoms with E-state index in [1.165, 1.54) is 7.11 Å². The minimum Gasteiger partial charge on any atom is -0.464 e. The number of hydrogen-bond acceptors (Lipinski definition) is 3. The Balaban J connectivity index is 3.01. The number of ether oxygens (including phenoxy) is 1. The molecule has 1 aromatic heterocycles. The van der Waals surface area contributed by atoms with Crippen LogP contribution < -0.4 is 5.73 Å². The molecule has 2 N–H and O–H groups in total. The smallest absolute Gasteiger partial charge is 0.354 e. The molecule has 0 unspecified atom stereocenters. The van der Waals surface area contributed by atoms with Crippen LogP contribution >= 0.6 is 0 Å². The number of anilines is 1. The van der Waals surface area contributed by atoms with Crippen molar-refractivity contribution in [2.24, 2.45) is 5.41 Å². The van der Waals surface area contributed by atoms with E-state index in [1.54, 1.807) is 12.3 Å². The van der Waals surface area contributed by atoms with Crippen molar-refractivity contribution in [2.75, 3.05) is 12.8 Å². The Bertz CT molecular complexity index is 361. The number of esters is 1. The first kappa shape index (κ1) is 11.6. The predicted octanol–water partition coefficient (Wildman–Crippen LogP) is 1.90. The molecule has 1 rings (SSSR count). The van der Waals surface area contributed by atoms with E-state index < -0.39 is 0 Å².